The lowest BCUT2D eigenvalue weighted by Gasteiger charge is -2.34. The zero-order valence-electron chi connectivity index (χ0n) is 12.0. The predicted molar refractivity (Wildman–Crippen MR) is 72.6 cm³/mol. The van der Waals surface area contributed by atoms with Crippen molar-refractivity contribution in [1.29, 1.82) is 0 Å². The van der Waals surface area contributed by atoms with Crippen molar-refractivity contribution in [3.8, 4) is 0 Å². The van der Waals surface area contributed by atoms with Gasteiger partial charge >= 0.3 is 12.0 Å². The molecule has 0 aromatic carbocycles. The summed E-state index contributed by atoms with van der Waals surface area (Å²) in [5.74, 6) is -1.01. The monoisotopic (exact) mass is 285 g/mol. The molecule has 2 aliphatic heterocycles. The maximum atomic E-state index is 12.3. The van der Waals surface area contributed by atoms with Gasteiger partial charge in [0.15, 0.2) is 6.10 Å². The Labute approximate surface area is 119 Å². The standard InChI is InChI=1S/C13H23N3O4/c1-14(6-7-15-4-2-3-5-15)13(19)16-8-9-20-11(10-16)12(17)18/h11H,2-10H2,1H3,(H,17,18). The van der Waals surface area contributed by atoms with E-state index in [9.17, 15) is 9.59 Å². The molecule has 1 N–H and O–H groups in total. The number of likely N-dealkylation sites (tertiary alicyclic amines) is 1. The summed E-state index contributed by atoms with van der Waals surface area (Å²) in [5, 5.41) is 8.94. The number of aliphatic carboxylic acids is 1. The van der Waals surface area contributed by atoms with Crippen LogP contribution in [0.4, 0.5) is 4.79 Å². The second kappa shape index (κ2) is 6.90. The van der Waals surface area contributed by atoms with Crippen LogP contribution in [-0.4, -0.2) is 90.8 Å². The van der Waals surface area contributed by atoms with E-state index in [1.807, 2.05) is 0 Å². The van der Waals surface area contributed by atoms with Gasteiger partial charge in [-0.15, -0.1) is 0 Å². The number of rotatable bonds is 4. The van der Waals surface area contributed by atoms with E-state index < -0.39 is 12.1 Å². The third kappa shape index (κ3) is 3.83. The zero-order chi connectivity index (χ0) is 14.5. The minimum Gasteiger partial charge on any atom is -0.479 e. The highest BCUT2D eigenvalue weighted by Crippen LogP contribution is 2.09. The predicted octanol–water partition coefficient (Wildman–Crippen LogP) is -0.0806. The van der Waals surface area contributed by atoms with E-state index in [0.717, 1.165) is 19.6 Å². The topological polar surface area (TPSA) is 73.3 Å². The SMILES string of the molecule is CN(CCN1CCCC1)C(=O)N1CCOC(C(=O)O)C1. The second-order valence-corrected chi connectivity index (χ2v) is 5.40. The van der Waals surface area contributed by atoms with Gasteiger partial charge in [-0.3, -0.25) is 0 Å². The van der Waals surface area contributed by atoms with E-state index in [-0.39, 0.29) is 19.2 Å². The highest BCUT2D eigenvalue weighted by molar-refractivity contribution is 5.77. The summed E-state index contributed by atoms with van der Waals surface area (Å²) in [6.45, 7) is 4.64. The van der Waals surface area contributed by atoms with Gasteiger partial charge < -0.3 is 24.5 Å². The molecule has 2 amide bonds. The number of likely N-dealkylation sites (N-methyl/N-ethyl adjacent to an activating group) is 1. The van der Waals surface area contributed by atoms with Crippen molar-refractivity contribution >= 4 is 12.0 Å². The van der Waals surface area contributed by atoms with Crippen molar-refractivity contribution in [3.63, 3.8) is 0 Å². The number of carboxylic acids is 1. The summed E-state index contributed by atoms with van der Waals surface area (Å²) in [4.78, 5) is 28.7. The molecule has 0 aromatic rings. The van der Waals surface area contributed by atoms with E-state index in [2.05, 4.69) is 4.90 Å². The van der Waals surface area contributed by atoms with Crippen LogP contribution in [0.25, 0.3) is 0 Å². The van der Waals surface area contributed by atoms with Gasteiger partial charge in [0.25, 0.3) is 0 Å². The van der Waals surface area contributed by atoms with Crippen LogP contribution in [0.15, 0.2) is 0 Å². The fourth-order valence-electron chi connectivity index (χ4n) is 2.61. The lowest BCUT2D eigenvalue weighted by atomic mass is 10.3. The normalized spacial score (nSPS) is 23.9. The van der Waals surface area contributed by atoms with Gasteiger partial charge in [0.1, 0.15) is 0 Å². The molecular formula is C13H23N3O4. The van der Waals surface area contributed by atoms with Gasteiger partial charge in [-0.2, -0.15) is 0 Å². The fourth-order valence-corrected chi connectivity index (χ4v) is 2.61. The molecule has 2 rings (SSSR count). The van der Waals surface area contributed by atoms with Crippen LogP contribution in [0, 0.1) is 0 Å². The summed E-state index contributed by atoms with van der Waals surface area (Å²) in [6, 6.07) is -0.112. The molecule has 2 saturated heterocycles. The van der Waals surface area contributed by atoms with E-state index in [0.29, 0.717) is 13.1 Å². The van der Waals surface area contributed by atoms with Gasteiger partial charge in [-0.1, -0.05) is 0 Å². The number of carbonyl (C=O) groups excluding carboxylic acids is 1. The summed E-state index contributed by atoms with van der Waals surface area (Å²) in [6.07, 6.45) is 1.57. The molecule has 0 aliphatic carbocycles. The Hall–Kier alpha value is -1.34. The first kappa shape index (κ1) is 15.1. The summed E-state index contributed by atoms with van der Waals surface area (Å²) < 4.78 is 5.12. The largest absolute Gasteiger partial charge is 0.479 e. The fraction of sp³-hybridized carbons (Fsp3) is 0.846. The smallest absolute Gasteiger partial charge is 0.334 e. The molecule has 2 aliphatic rings. The van der Waals surface area contributed by atoms with Crippen LogP contribution < -0.4 is 0 Å². The van der Waals surface area contributed by atoms with E-state index in [4.69, 9.17) is 9.84 Å². The van der Waals surface area contributed by atoms with Gasteiger partial charge in [0, 0.05) is 26.7 Å². The number of nitrogens with zero attached hydrogens (tertiary/aromatic N) is 3. The maximum Gasteiger partial charge on any atom is 0.334 e. The molecule has 114 valence electrons. The Kier molecular flexibility index (Phi) is 5.19. The molecule has 0 spiro atoms. The number of carbonyl (C=O) groups is 2. The first-order chi connectivity index (χ1) is 9.58. The Balaban J connectivity index is 1.78. The average molecular weight is 285 g/mol. The van der Waals surface area contributed by atoms with Crippen LogP contribution in [0.5, 0.6) is 0 Å². The summed E-state index contributed by atoms with van der Waals surface area (Å²) in [7, 11) is 1.77. The van der Waals surface area contributed by atoms with Crippen molar-refractivity contribution < 1.29 is 19.4 Å². The number of urea groups is 1. The molecule has 2 heterocycles. The van der Waals surface area contributed by atoms with Crippen molar-refractivity contribution in [1.82, 2.24) is 14.7 Å². The third-order valence-corrected chi connectivity index (χ3v) is 3.89. The number of carboxylic acid groups (broad SMARTS) is 1. The van der Waals surface area contributed by atoms with Crippen molar-refractivity contribution in [2.75, 3.05) is 52.9 Å². The Bertz CT molecular complexity index is 358. The molecule has 7 heteroatoms. The molecule has 1 atom stereocenters. The molecular weight excluding hydrogens is 262 g/mol. The van der Waals surface area contributed by atoms with Crippen LogP contribution in [0.2, 0.25) is 0 Å². The van der Waals surface area contributed by atoms with E-state index >= 15 is 0 Å². The minimum atomic E-state index is -1.01. The zero-order valence-corrected chi connectivity index (χ0v) is 12.0. The summed E-state index contributed by atoms with van der Waals surface area (Å²) >= 11 is 0. The van der Waals surface area contributed by atoms with E-state index in [1.165, 1.54) is 12.8 Å². The number of hydrogen-bond donors (Lipinski definition) is 1. The van der Waals surface area contributed by atoms with Crippen LogP contribution >= 0.6 is 0 Å². The van der Waals surface area contributed by atoms with Gasteiger partial charge in [0.05, 0.1) is 13.2 Å². The Morgan fingerprint density at radius 2 is 2.00 bits per heavy atom. The highest BCUT2D eigenvalue weighted by atomic mass is 16.5. The second-order valence-electron chi connectivity index (χ2n) is 5.40. The Morgan fingerprint density at radius 1 is 1.30 bits per heavy atom. The first-order valence-corrected chi connectivity index (χ1v) is 7.14. The van der Waals surface area contributed by atoms with Crippen LogP contribution in [0.1, 0.15) is 12.8 Å². The van der Waals surface area contributed by atoms with Gasteiger partial charge in [0.2, 0.25) is 0 Å². The van der Waals surface area contributed by atoms with Crippen LogP contribution in [0.3, 0.4) is 0 Å². The van der Waals surface area contributed by atoms with Gasteiger partial charge in [-0.25, -0.2) is 9.59 Å². The van der Waals surface area contributed by atoms with Crippen molar-refractivity contribution in [2.24, 2.45) is 0 Å². The van der Waals surface area contributed by atoms with Crippen molar-refractivity contribution in [2.45, 2.75) is 18.9 Å². The van der Waals surface area contributed by atoms with Gasteiger partial charge in [-0.05, 0) is 25.9 Å². The first-order valence-electron chi connectivity index (χ1n) is 7.14. The number of amides is 2. The maximum absolute atomic E-state index is 12.3. The molecule has 2 fully saturated rings. The van der Waals surface area contributed by atoms with Crippen LogP contribution in [-0.2, 0) is 9.53 Å². The number of morpholine rings is 1. The van der Waals surface area contributed by atoms with Crippen molar-refractivity contribution in [3.05, 3.63) is 0 Å². The molecule has 20 heavy (non-hydrogen) atoms. The number of ether oxygens (including phenoxy) is 1. The molecule has 1 unspecified atom stereocenters. The quantitative estimate of drug-likeness (QED) is 0.782. The lowest BCUT2D eigenvalue weighted by Crippen LogP contribution is -2.52. The molecule has 0 saturated carbocycles. The third-order valence-electron chi connectivity index (χ3n) is 3.89. The lowest BCUT2D eigenvalue weighted by molar-refractivity contribution is -0.154. The molecule has 7 nitrogen and oxygen atoms in total. The Morgan fingerprint density at radius 3 is 2.65 bits per heavy atom. The number of hydrogen-bond acceptors (Lipinski definition) is 4. The minimum absolute atomic E-state index is 0.112. The van der Waals surface area contributed by atoms with E-state index in [1.54, 1.807) is 16.8 Å². The average Bonchev–Trinajstić information content (AvgIpc) is 2.97. The molecule has 0 bridgehead atoms. The summed E-state index contributed by atoms with van der Waals surface area (Å²) in [5.41, 5.74) is 0. The molecule has 0 aromatic heterocycles. The molecule has 0 radical (unpaired) electrons. The highest BCUT2D eigenvalue weighted by Gasteiger charge is 2.30.